The van der Waals surface area contributed by atoms with Crippen molar-refractivity contribution in [3.63, 3.8) is 0 Å². The summed E-state index contributed by atoms with van der Waals surface area (Å²) in [4.78, 5) is 18.7. The molecule has 4 aromatic rings. The molecule has 0 bridgehead atoms. The van der Waals surface area contributed by atoms with E-state index in [-0.39, 0.29) is 12.4 Å². The highest BCUT2D eigenvalue weighted by molar-refractivity contribution is 7.09. The first-order valence-electron chi connectivity index (χ1n) is 9.45. The second-order valence-corrected chi connectivity index (χ2v) is 9.03. The largest absolute Gasteiger partial charge is 0.482 e. The first kappa shape index (κ1) is 20.9. The van der Waals surface area contributed by atoms with E-state index in [1.807, 2.05) is 45.0 Å². The van der Waals surface area contributed by atoms with Gasteiger partial charge in [-0.1, -0.05) is 29.3 Å². The summed E-state index contributed by atoms with van der Waals surface area (Å²) in [5, 5.41) is 3.63. The SMILES string of the molecule is Cc1ccc2c(Cl)cc(Cl)c(OCC(=O)c3cc(C)n(Cc4cccs4)c3C)c2n1. The zero-order chi connectivity index (χ0) is 21.4. The zero-order valence-corrected chi connectivity index (χ0v) is 19.2. The summed E-state index contributed by atoms with van der Waals surface area (Å²) in [5.41, 5.74) is 3.99. The Morgan fingerprint density at radius 1 is 1.13 bits per heavy atom. The predicted octanol–water partition coefficient (Wildman–Crippen LogP) is 6.64. The Hall–Kier alpha value is -2.34. The Balaban J connectivity index is 1.60. The molecule has 4 rings (SSSR count). The summed E-state index contributed by atoms with van der Waals surface area (Å²) in [6, 6.07) is 11.4. The number of pyridine rings is 1. The van der Waals surface area contributed by atoms with Crippen LogP contribution in [-0.2, 0) is 6.54 Å². The highest BCUT2D eigenvalue weighted by Crippen LogP contribution is 2.37. The number of ketones is 1. The van der Waals surface area contributed by atoms with Gasteiger partial charge in [0.15, 0.2) is 12.4 Å². The van der Waals surface area contributed by atoms with Gasteiger partial charge in [0, 0.05) is 32.9 Å². The molecule has 0 aliphatic rings. The third kappa shape index (κ3) is 3.97. The minimum atomic E-state index is -0.130. The monoisotopic (exact) mass is 458 g/mol. The maximum absolute atomic E-state index is 13.0. The number of hydrogen-bond acceptors (Lipinski definition) is 4. The molecule has 0 spiro atoms. The fraction of sp³-hybridized carbons (Fsp3) is 0.217. The van der Waals surface area contributed by atoms with Gasteiger partial charge in [-0.15, -0.1) is 11.3 Å². The maximum atomic E-state index is 13.0. The van der Waals surface area contributed by atoms with Crippen LogP contribution in [0.2, 0.25) is 10.0 Å². The fourth-order valence-electron chi connectivity index (χ4n) is 3.53. The molecule has 0 radical (unpaired) electrons. The summed E-state index contributed by atoms with van der Waals surface area (Å²) in [6.07, 6.45) is 0. The Morgan fingerprint density at radius 3 is 2.67 bits per heavy atom. The number of Topliss-reactive ketones (excluding diaryl/α,β-unsaturated/α-hetero) is 1. The van der Waals surface area contributed by atoms with E-state index in [9.17, 15) is 4.79 Å². The van der Waals surface area contributed by atoms with Gasteiger partial charge < -0.3 is 9.30 Å². The normalized spacial score (nSPS) is 11.2. The molecule has 30 heavy (non-hydrogen) atoms. The number of nitrogens with zero attached hydrogens (tertiary/aromatic N) is 2. The fourth-order valence-corrected chi connectivity index (χ4v) is 4.79. The lowest BCUT2D eigenvalue weighted by molar-refractivity contribution is 0.0922. The summed E-state index contributed by atoms with van der Waals surface area (Å²) in [7, 11) is 0. The number of rotatable bonds is 6. The highest BCUT2D eigenvalue weighted by Gasteiger charge is 2.19. The molecule has 3 heterocycles. The quantitative estimate of drug-likeness (QED) is 0.304. The van der Waals surface area contributed by atoms with E-state index in [0.717, 1.165) is 29.0 Å². The van der Waals surface area contributed by atoms with Gasteiger partial charge >= 0.3 is 0 Å². The molecule has 0 saturated carbocycles. The van der Waals surface area contributed by atoms with Crippen LogP contribution in [0.4, 0.5) is 0 Å². The van der Waals surface area contributed by atoms with Crippen LogP contribution in [0.15, 0.2) is 41.8 Å². The minimum Gasteiger partial charge on any atom is -0.482 e. The van der Waals surface area contributed by atoms with E-state index in [1.54, 1.807) is 17.4 Å². The number of benzene rings is 1. The number of carbonyl (C=O) groups excluding carboxylic acids is 1. The van der Waals surface area contributed by atoms with E-state index < -0.39 is 0 Å². The van der Waals surface area contributed by atoms with Gasteiger partial charge in [0.05, 0.1) is 16.6 Å². The zero-order valence-electron chi connectivity index (χ0n) is 16.8. The molecule has 7 heteroatoms. The number of aryl methyl sites for hydroxylation is 2. The van der Waals surface area contributed by atoms with E-state index in [2.05, 4.69) is 21.0 Å². The summed E-state index contributed by atoms with van der Waals surface area (Å²) >= 11 is 14.4. The third-order valence-corrected chi connectivity index (χ3v) is 6.55. The van der Waals surface area contributed by atoms with Crippen LogP contribution >= 0.6 is 34.5 Å². The smallest absolute Gasteiger partial charge is 0.202 e. The van der Waals surface area contributed by atoms with Crippen molar-refractivity contribution >= 4 is 51.2 Å². The summed E-state index contributed by atoms with van der Waals surface area (Å²) < 4.78 is 8.02. The number of halogens is 2. The lowest BCUT2D eigenvalue weighted by Gasteiger charge is -2.12. The second kappa shape index (κ2) is 8.42. The van der Waals surface area contributed by atoms with Gasteiger partial charge in [-0.25, -0.2) is 4.98 Å². The Bertz CT molecular complexity index is 1250. The predicted molar refractivity (Wildman–Crippen MR) is 124 cm³/mol. The number of carbonyl (C=O) groups is 1. The molecule has 0 atom stereocenters. The van der Waals surface area contributed by atoms with Crippen molar-refractivity contribution in [3.8, 4) is 5.75 Å². The molecule has 154 valence electrons. The van der Waals surface area contributed by atoms with Crippen LogP contribution in [0, 0.1) is 20.8 Å². The van der Waals surface area contributed by atoms with Crippen molar-refractivity contribution in [2.45, 2.75) is 27.3 Å². The van der Waals surface area contributed by atoms with Crippen LogP contribution in [0.3, 0.4) is 0 Å². The molecule has 0 saturated heterocycles. The molecule has 4 nitrogen and oxygen atoms in total. The first-order chi connectivity index (χ1) is 14.3. The van der Waals surface area contributed by atoms with Gasteiger partial charge in [-0.05, 0) is 56.5 Å². The standard InChI is InChI=1S/C23H20Cl2N2O2S/c1-13-6-7-17-19(24)10-20(25)23(22(17)26-13)29-12-21(28)18-9-14(2)27(15(18)3)11-16-5-4-8-30-16/h4-10H,11-12H2,1-3H3. The third-order valence-electron chi connectivity index (χ3n) is 5.09. The lowest BCUT2D eigenvalue weighted by Crippen LogP contribution is -2.13. The van der Waals surface area contributed by atoms with Crippen molar-refractivity contribution in [2.75, 3.05) is 6.61 Å². The molecule has 1 aromatic carbocycles. The average molecular weight is 459 g/mol. The van der Waals surface area contributed by atoms with Crippen molar-refractivity contribution in [1.82, 2.24) is 9.55 Å². The molecular weight excluding hydrogens is 439 g/mol. The molecular formula is C23H20Cl2N2O2S. The lowest BCUT2D eigenvalue weighted by atomic mass is 10.1. The molecule has 0 fully saturated rings. The molecule has 0 unspecified atom stereocenters. The minimum absolute atomic E-state index is 0.104. The van der Waals surface area contributed by atoms with Gasteiger partial charge in [-0.3, -0.25) is 4.79 Å². The van der Waals surface area contributed by atoms with Gasteiger partial charge in [-0.2, -0.15) is 0 Å². The van der Waals surface area contributed by atoms with E-state index in [1.165, 1.54) is 4.88 Å². The second-order valence-electron chi connectivity index (χ2n) is 7.18. The van der Waals surface area contributed by atoms with Gasteiger partial charge in [0.25, 0.3) is 0 Å². The van der Waals surface area contributed by atoms with Crippen LogP contribution in [0.5, 0.6) is 5.75 Å². The molecule has 3 aromatic heterocycles. The van der Waals surface area contributed by atoms with Crippen LogP contribution in [-0.4, -0.2) is 21.9 Å². The van der Waals surface area contributed by atoms with Crippen molar-refractivity contribution in [2.24, 2.45) is 0 Å². The molecule has 0 N–H and O–H groups in total. The van der Waals surface area contributed by atoms with Crippen LogP contribution in [0.25, 0.3) is 10.9 Å². The van der Waals surface area contributed by atoms with Crippen molar-refractivity contribution < 1.29 is 9.53 Å². The number of aromatic nitrogens is 2. The van der Waals surface area contributed by atoms with Crippen LogP contribution < -0.4 is 4.74 Å². The number of hydrogen-bond donors (Lipinski definition) is 0. The Kier molecular flexibility index (Phi) is 5.87. The van der Waals surface area contributed by atoms with Crippen molar-refractivity contribution in [3.05, 3.63) is 79.3 Å². The number of ether oxygens (including phenoxy) is 1. The summed E-state index contributed by atoms with van der Waals surface area (Å²) in [6.45, 7) is 6.47. The summed E-state index contributed by atoms with van der Waals surface area (Å²) in [5.74, 6) is 0.271. The van der Waals surface area contributed by atoms with Crippen LogP contribution in [0.1, 0.15) is 32.3 Å². The van der Waals surface area contributed by atoms with E-state index >= 15 is 0 Å². The molecule has 0 aliphatic heterocycles. The average Bonchev–Trinajstić information content (AvgIpc) is 3.31. The Morgan fingerprint density at radius 2 is 1.93 bits per heavy atom. The van der Waals surface area contributed by atoms with E-state index in [0.29, 0.717) is 26.9 Å². The maximum Gasteiger partial charge on any atom is 0.202 e. The molecule has 0 aliphatic carbocycles. The number of fused-ring (bicyclic) bond motifs is 1. The van der Waals surface area contributed by atoms with Gasteiger partial charge in [0.2, 0.25) is 5.78 Å². The first-order valence-corrected chi connectivity index (χ1v) is 11.1. The number of thiophene rings is 1. The molecule has 0 amide bonds. The Labute approximate surface area is 189 Å². The topological polar surface area (TPSA) is 44.1 Å². The van der Waals surface area contributed by atoms with Crippen molar-refractivity contribution in [1.29, 1.82) is 0 Å². The highest BCUT2D eigenvalue weighted by atomic mass is 35.5. The van der Waals surface area contributed by atoms with E-state index in [4.69, 9.17) is 27.9 Å². The van der Waals surface area contributed by atoms with Gasteiger partial charge in [0.1, 0.15) is 5.52 Å².